The number of H-pyrrole nitrogens is 1. The van der Waals surface area contributed by atoms with E-state index in [9.17, 15) is 5.11 Å². The predicted molar refractivity (Wildman–Crippen MR) is 163 cm³/mol. The first-order chi connectivity index (χ1) is 19.9. The molecule has 5 aromatic rings. The fourth-order valence-electron chi connectivity index (χ4n) is 4.62. The van der Waals surface area contributed by atoms with Gasteiger partial charge in [-0.25, -0.2) is 15.0 Å². The maximum absolute atomic E-state index is 9.36. The van der Waals surface area contributed by atoms with E-state index in [0.717, 1.165) is 52.5 Å². The van der Waals surface area contributed by atoms with Crippen LogP contribution in [0.5, 0.6) is 5.75 Å². The number of aromatic amines is 1. The fraction of sp³-hybridized carbons (Fsp3) is 0.300. The van der Waals surface area contributed by atoms with E-state index in [4.69, 9.17) is 24.9 Å². The number of nitrogens with two attached hydrogens (primary N) is 1. The monoisotopic (exact) mass is 556 g/mol. The van der Waals surface area contributed by atoms with Gasteiger partial charge < -0.3 is 40.1 Å². The zero-order valence-corrected chi connectivity index (χ0v) is 23.8. The number of rotatable bonds is 12. The fourth-order valence-corrected chi connectivity index (χ4v) is 4.62. The molecular weight excluding hydrogens is 520 g/mol. The summed E-state index contributed by atoms with van der Waals surface area (Å²) in [6.45, 7) is 1.80. The summed E-state index contributed by atoms with van der Waals surface area (Å²) >= 11 is 0. The van der Waals surface area contributed by atoms with Crippen LogP contribution in [0.3, 0.4) is 0 Å². The molecule has 11 nitrogen and oxygen atoms in total. The number of nitrogen functional groups attached to an aromatic ring is 1. The van der Waals surface area contributed by atoms with Crippen molar-refractivity contribution in [1.29, 1.82) is 0 Å². The molecule has 0 unspecified atom stereocenters. The second kappa shape index (κ2) is 12.3. The second-order valence-corrected chi connectivity index (χ2v) is 10.1. The van der Waals surface area contributed by atoms with Crippen molar-refractivity contribution in [1.82, 2.24) is 24.8 Å². The molecule has 3 aromatic heterocycles. The number of methoxy groups -OCH3 is 1. The molecule has 0 bridgehead atoms. The van der Waals surface area contributed by atoms with E-state index >= 15 is 0 Å². The molecule has 11 heteroatoms. The highest BCUT2D eigenvalue weighted by Crippen LogP contribution is 2.37. The van der Waals surface area contributed by atoms with Gasteiger partial charge in [0.2, 0.25) is 5.95 Å². The van der Waals surface area contributed by atoms with Gasteiger partial charge in [0, 0.05) is 56.4 Å². The van der Waals surface area contributed by atoms with Gasteiger partial charge in [-0.15, -0.1) is 0 Å². The maximum atomic E-state index is 9.36. The van der Waals surface area contributed by atoms with Crippen LogP contribution in [0.25, 0.3) is 33.6 Å². The Morgan fingerprint density at radius 3 is 2.71 bits per heavy atom. The van der Waals surface area contributed by atoms with Gasteiger partial charge in [0.15, 0.2) is 0 Å². The van der Waals surface area contributed by atoms with Gasteiger partial charge in [-0.05, 0) is 44.8 Å². The van der Waals surface area contributed by atoms with Gasteiger partial charge in [0.05, 0.1) is 47.5 Å². The number of hydrogen-bond donors (Lipinski definition) is 4. The minimum atomic E-state index is 0.0838. The Bertz CT molecular complexity index is 1630. The molecule has 0 aliphatic heterocycles. The Balaban J connectivity index is 1.47. The van der Waals surface area contributed by atoms with E-state index in [1.54, 1.807) is 19.6 Å². The molecule has 0 atom stereocenters. The summed E-state index contributed by atoms with van der Waals surface area (Å²) in [5.41, 5.74) is 12.4. The number of fused-ring (bicyclic) bond motifs is 1. The van der Waals surface area contributed by atoms with E-state index in [1.165, 1.54) is 0 Å². The third kappa shape index (κ3) is 6.26. The number of benzene rings is 2. The van der Waals surface area contributed by atoms with Crippen molar-refractivity contribution in [3.05, 3.63) is 60.7 Å². The summed E-state index contributed by atoms with van der Waals surface area (Å²) in [4.78, 5) is 21.7. The molecule has 2 aromatic carbocycles. The molecule has 0 radical (unpaired) electrons. The number of aliphatic hydroxyl groups is 1. The van der Waals surface area contributed by atoms with Crippen molar-refractivity contribution >= 4 is 34.0 Å². The minimum Gasteiger partial charge on any atom is -0.494 e. The number of likely N-dealkylation sites (N-methyl/N-ethyl adjacent to an activating group) is 2. The Kier molecular flexibility index (Phi) is 8.37. The van der Waals surface area contributed by atoms with Crippen molar-refractivity contribution < 1.29 is 14.3 Å². The third-order valence-corrected chi connectivity index (χ3v) is 6.86. The van der Waals surface area contributed by atoms with Gasteiger partial charge in [-0.3, -0.25) is 0 Å². The molecule has 0 saturated heterocycles. The average molecular weight is 557 g/mol. The first-order valence-corrected chi connectivity index (χ1v) is 13.5. The highest BCUT2D eigenvalue weighted by atomic mass is 16.5. The predicted octanol–water partition coefficient (Wildman–Crippen LogP) is 4.54. The van der Waals surface area contributed by atoms with Crippen LogP contribution >= 0.6 is 0 Å². The standard InChI is InChI=1S/C30H36N8O3/c1-37(2)12-13-38(3)24-18-26(40-4)23(17-21(24)31)34-30-32-11-9-22(33-30)29-28(35-27(36-29)6-5-14-39)20-8-7-19-10-15-41-25(19)16-20/h7-11,15-18,39H,5-6,12-14,31H2,1-4H3,(H,35,36)(H,32,33,34). The first-order valence-electron chi connectivity index (χ1n) is 13.5. The quantitative estimate of drug-likeness (QED) is 0.162. The van der Waals surface area contributed by atoms with Crippen LogP contribution in [0.15, 0.2) is 59.3 Å². The van der Waals surface area contributed by atoms with Crippen LogP contribution in [0.2, 0.25) is 0 Å². The Morgan fingerprint density at radius 2 is 1.93 bits per heavy atom. The molecule has 3 heterocycles. The minimum absolute atomic E-state index is 0.0838. The molecule has 0 saturated carbocycles. The number of nitrogens with one attached hydrogen (secondary N) is 2. The molecule has 0 amide bonds. The number of aryl methyl sites for hydroxylation is 1. The van der Waals surface area contributed by atoms with Gasteiger partial charge in [0.25, 0.3) is 0 Å². The lowest BCUT2D eigenvalue weighted by molar-refractivity contribution is 0.287. The summed E-state index contributed by atoms with van der Waals surface area (Å²) in [5.74, 6) is 1.77. The SMILES string of the molecule is COc1cc(N(C)CCN(C)C)c(N)cc1Nc1nccc(-c2[nH]c(CCCO)nc2-c2ccc3ccoc3c2)n1. The van der Waals surface area contributed by atoms with E-state index in [1.807, 2.05) is 63.6 Å². The summed E-state index contributed by atoms with van der Waals surface area (Å²) in [7, 11) is 7.71. The number of aromatic nitrogens is 4. The summed E-state index contributed by atoms with van der Waals surface area (Å²) in [5, 5.41) is 13.7. The van der Waals surface area contributed by atoms with Crippen LogP contribution in [0, 0.1) is 0 Å². The average Bonchev–Trinajstić information content (AvgIpc) is 3.62. The summed E-state index contributed by atoms with van der Waals surface area (Å²) in [6, 6.07) is 13.5. The molecule has 0 aliphatic rings. The number of anilines is 4. The molecule has 41 heavy (non-hydrogen) atoms. The van der Waals surface area contributed by atoms with Gasteiger partial charge in [0.1, 0.15) is 17.2 Å². The lowest BCUT2D eigenvalue weighted by Crippen LogP contribution is -2.29. The van der Waals surface area contributed by atoms with Crippen molar-refractivity contribution in [2.24, 2.45) is 0 Å². The van der Waals surface area contributed by atoms with E-state index < -0.39 is 0 Å². The molecule has 5 rings (SSSR count). The molecule has 0 spiro atoms. The Morgan fingerprint density at radius 1 is 1.07 bits per heavy atom. The lowest BCUT2D eigenvalue weighted by atomic mass is 10.1. The third-order valence-electron chi connectivity index (χ3n) is 6.86. The number of hydrogen-bond acceptors (Lipinski definition) is 10. The van der Waals surface area contributed by atoms with Crippen molar-refractivity contribution in [3.63, 3.8) is 0 Å². The van der Waals surface area contributed by atoms with Gasteiger partial charge in [-0.1, -0.05) is 12.1 Å². The Hall–Kier alpha value is -4.61. The van der Waals surface area contributed by atoms with Gasteiger partial charge >= 0.3 is 0 Å². The van der Waals surface area contributed by atoms with E-state index in [0.29, 0.717) is 41.6 Å². The van der Waals surface area contributed by atoms with Crippen molar-refractivity contribution in [3.8, 4) is 28.4 Å². The zero-order chi connectivity index (χ0) is 28.9. The van der Waals surface area contributed by atoms with Crippen LogP contribution < -0.4 is 20.7 Å². The number of imidazole rings is 1. The molecule has 214 valence electrons. The highest BCUT2D eigenvalue weighted by Gasteiger charge is 2.18. The van der Waals surface area contributed by atoms with E-state index in [2.05, 4.69) is 25.1 Å². The van der Waals surface area contributed by atoms with Crippen LogP contribution in [0.1, 0.15) is 12.2 Å². The maximum Gasteiger partial charge on any atom is 0.227 e. The molecule has 5 N–H and O–H groups in total. The van der Waals surface area contributed by atoms with Crippen LogP contribution in [0.4, 0.5) is 23.0 Å². The number of furan rings is 1. The topological polar surface area (TPSA) is 142 Å². The Labute approximate surface area is 239 Å². The largest absolute Gasteiger partial charge is 0.494 e. The first kappa shape index (κ1) is 27.9. The molecule has 0 aliphatic carbocycles. The molecular formula is C30H36N8O3. The normalized spacial score (nSPS) is 11.4. The van der Waals surface area contributed by atoms with E-state index in [-0.39, 0.29) is 6.61 Å². The van der Waals surface area contributed by atoms with Crippen molar-refractivity contribution in [2.45, 2.75) is 12.8 Å². The van der Waals surface area contributed by atoms with Gasteiger partial charge in [-0.2, -0.15) is 0 Å². The number of aliphatic hydroxyl groups excluding tert-OH is 1. The number of nitrogens with zero attached hydrogens (tertiary/aromatic N) is 5. The smallest absolute Gasteiger partial charge is 0.227 e. The summed E-state index contributed by atoms with van der Waals surface area (Å²) < 4.78 is 11.3. The zero-order valence-electron chi connectivity index (χ0n) is 23.8. The lowest BCUT2D eigenvalue weighted by Gasteiger charge is -2.24. The van der Waals surface area contributed by atoms with Crippen LogP contribution in [-0.2, 0) is 6.42 Å². The van der Waals surface area contributed by atoms with Crippen molar-refractivity contribution in [2.75, 3.05) is 63.9 Å². The summed E-state index contributed by atoms with van der Waals surface area (Å²) in [6.07, 6.45) is 4.57. The molecule has 0 fully saturated rings. The number of ether oxygens (including phenoxy) is 1. The van der Waals surface area contributed by atoms with Crippen LogP contribution in [-0.4, -0.2) is 77.9 Å². The second-order valence-electron chi connectivity index (χ2n) is 10.1. The highest BCUT2D eigenvalue weighted by molar-refractivity contribution is 5.86.